The minimum Gasteiger partial charge on any atom is -0.466 e. The largest absolute Gasteiger partial charge is 0.466 e. The van der Waals surface area contributed by atoms with E-state index in [0.717, 1.165) is 73.5 Å². The molecular formula is C37H47N5O4. The van der Waals surface area contributed by atoms with Crippen LogP contribution in [0.25, 0.3) is 33.7 Å². The fraction of sp³-hybridized carbons (Fsp3) is 0.459. The summed E-state index contributed by atoms with van der Waals surface area (Å²) in [6.45, 7) is 14.8. The van der Waals surface area contributed by atoms with E-state index in [-0.39, 0.29) is 30.3 Å². The molecule has 0 aromatic carbocycles. The molecule has 2 atom stereocenters. The average molecular weight is 626 g/mol. The van der Waals surface area contributed by atoms with Crippen molar-refractivity contribution in [1.29, 1.82) is 0 Å². The molecule has 0 spiro atoms. The van der Waals surface area contributed by atoms with Crippen LogP contribution in [0.2, 0.25) is 0 Å². The number of aliphatic hydroxyl groups is 1. The second-order valence-electron chi connectivity index (χ2n) is 12.8. The number of aryl methyl sites for hydroxylation is 3. The van der Waals surface area contributed by atoms with Gasteiger partial charge >= 0.3 is 5.97 Å². The maximum absolute atomic E-state index is 13.2. The van der Waals surface area contributed by atoms with Crippen LogP contribution < -0.4 is 0 Å². The Hall–Kier alpha value is -4.24. The molecule has 9 nitrogen and oxygen atoms in total. The van der Waals surface area contributed by atoms with Gasteiger partial charge in [-0.2, -0.15) is 0 Å². The van der Waals surface area contributed by atoms with E-state index in [9.17, 15) is 14.7 Å². The SMILES string of the molecule is CCc1c(C)c2cc3[nH]c(cc4nc(c(C)c5nc(cc1[nH]2)C(C)=C5)[C@@H](CCC(=O)N(C)CCCOC(C)=O)[C@@H]4C)c(C)c3CO. The highest BCUT2D eigenvalue weighted by Gasteiger charge is 2.31. The lowest BCUT2D eigenvalue weighted by Crippen LogP contribution is -2.28. The predicted molar refractivity (Wildman–Crippen MR) is 183 cm³/mol. The summed E-state index contributed by atoms with van der Waals surface area (Å²) in [6.07, 6.45) is 4.65. The first-order valence-electron chi connectivity index (χ1n) is 16.3. The van der Waals surface area contributed by atoms with Crippen molar-refractivity contribution in [3.8, 4) is 0 Å². The minimum absolute atomic E-state index is 0.0308. The van der Waals surface area contributed by atoms with Crippen molar-refractivity contribution in [2.24, 2.45) is 0 Å². The van der Waals surface area contributed by atoms with E-state index in [2.05, 4.69) is 68.9 Å². The second kappa shape index (κ2) is 13.6. The van der Waals surface area contributed by atoms with Crippen molar-refractivity contribution in [2.45, 2.75) is 92.6 Å². The summed E-state index contributed by atoms with van der Waals surface area (Å²) in [4.78, 5) is 43.5. The normalized spacial score (nSPS) is 16.0. The van der Waals surface area contributed by atoms with Gasteiger partial charge in [-0.25, -0.2) is 4.98 Å². The molecule has 0 fully saturated rings. The molecule has 1 amide bonds. The number of hydrogen-bond donors (Lipinski definition) is 3. The first kappa shape index (κ1) is 33.1. The number of carbonyl (C=O) groups excluding carboxylic acids is 2. The lowest BCUT2D eigenvalue weighted by molar-refractivity contribution is -0.141. The second-order valence-corrected chi connectivity index (χ2v) is 12.8. The summed E-state index contributed by atoms with van der Waals surface area (Å²) in [7, 11) is 1.80. The average Bonchev–Trinajstić information content (AvgIpc) is 3.72. The molecule has 0 saturated heterocycles. The maximum Gasteiger partial charge on any atom is 0.302 e. The Morgan fingerprint density at radius 1 is 0.957 bits per heavy atom. The molecule has 3 N–H and O–H groups in total. The van der Waals surface area contributed by atoms with E-state index in [0.29, 0.717) is 32.4 Å². The Kier molecular flexibility index (Phi) is 9.82. The molecule has 46 heavy (non-hydrogen) atoms. The summed E-state index contributed by atoms with van der Waals surface area (Å²) in [5.41, 5.74) is 14.0. The molecule has 5 rings (SSSR count). The van der Waals surface area contributed by atoms with Crippen LogP contribution in [0.1, 0.15) is 109 Å². The van der Waals surface area contributed by atoms with E-state index in [1.807, 2.05) is 6.92 Å². The van der Waals surface area contributed by atoms with Crippen LogP contribution in [-0.4, -0.2) is 62.0 Å². The molecule has 0 radical (unpaired) electrons. The molecule has 3 aromatic heterocycles. The molecule has 0 unspecified atom stereocenters. The molecule has 3 aromatic rings. The van der Waals surface area contributed by atoms with Crippen molar-refractivity contribution in [3.05, 3.63) is 68.8 Å². The van der Waals surface area contributed by atoms with Crippen LogP contribution in [0.5, 0.6) is 0 Å². The van der Waals surface area contributed by atoms with Gasteiger partial charge in [0.25, 0.3) is 0 Å². The van der Waals surface area contributed by atoms with Gasteiger partial charge in [-0.3, -0.25) is 14.6 Å². The molecule has 0 aliphatic carbocycles. The zero-order chi connectivity index (χ0) is 33.3. The van der Waals surface area contributed by atoms with Crippen LogP contribution in [0.3, 0.4) is 0 Å². The van der Waals surface area contributed by atoms with E-state index in [1.165, 1.54) is 18.1 Å². The maximum atomic E-state index is 13.2. The lowest BCUT2D eigenvalue weighted by atomic mass is 9.85. The number of allylic oxidation sites excluding steroid dienone is 1. The van der Waals surface area contributed by atoms with Gasteiger partial charge < -0.3 is 24.7 Å². The number of aromatic nitrogens is 4. The van der Waals surface area contributed by atoms with Gasteiger partial charge in [0.15, 0.2) is 0 Å². The Balaban J connectivity index is 1.63. The molecule has 244 valence electrons. The number of hydrogen-bond acceptors (Lipinski definition) is 6. The summed E-state index contributed by atoms with van der Waals surface area (Å²) in [5, 5.41) is 10.4. The summed E-state index contributed by atoms with van der Waals surface area (Å²) in [6, 6.07) is 6.33. The zero-order valence-electron chi connectivity index (χ0n) is 28.4. The number of rotatable bonds is 9. The number of ether oxygens (including phenoxy) is 1. The van der Waals surface area contributed by atoms with Gasteiger partial charge in [-0.1, -0.05) is 13.8 Å². The Morgan fingerprint density at radius 2 is 1.63 bits per heavy atom. The van der Waals surface area contributed by atoms with E-state index < -0.39 is 0 Å². The monoisotopic (exact) mass is 625 g/mol. The Morgan fingerprint density at radius 3 is 2.30 bits per heavy atom. The number of nitrogens with one attached hydrogen (secondary N) is 2. The summed E-state index contributed by atoms with van der Waals surface area (Å²) < 4.78 is 5.02. The highest BCUT2D eigenvalue weighted by Crippen LogP contribution is 2.42. The van der Waals surface area contributed by atoms with Gasteiger partial charge in [0, 0.05) is 77.8 Å². The fourth-order valence-corrected chi connectivity index (χ4v) is 6.77. The van der Waals surface area contributed by atoms with E-state index >= 15 is 0 Å². The zero-order valence-corrected chi connectivity index (χ0v) is 28.4. The van der Waals surface area contributed by atoms with E-state index in [4.69, 9.17) is 14.7 Å². The van der Waals surface area contributed by atoms with Crippen molar-refractivity contribution < 1.29 is 19.4 Å². The van der Waals surface area contributed by atoms with Crippen LogP contribution in [0, 0.1) is 20.8 Å². The van der Waals surface area contributed by atoms with Gasteiger partial charge in [0.1, 0.15) is 0 Å². The lowest BCUT2D eigenvalue weighted by Gasteiger charge is -2.20. The Bertz CT molecular complexity index is 1860. The molecule has 8 bridgehead atoms. The van der Waals surface area contributed by atoms with Crippen LogP contribution in [0.4, 0.5) is 0 Å². The van der Waals surface area contributed by atoms with Crippen LogP contribution in [0.15, 0.2) is 18.2 Å². The van der Waals surface area contributed by atoms with Crippen molar-refractivity contribution >= 4 is 45.6 Å². The number of carbonyl (C=O) groups is 2. The number of fused-ring (bicyclic) bond motifs is 8. The molecule has 0 saturated carbocycles. The van der Waals surface area contributed by atoms with Crippen molar-refractivity contribution in [2.75, 3.05) is 20.2 Å². The highest BCUT2D eigenvalue weighted by molar-refractivity contribution is 5.85. The number of nitrogens with zero attached hydrogens (tertiary/aromatic N) is 3. The third kappa shape index (κ3) is 6.51. The molecule has 2 aliphatic heterocycles. The first-order valence-corrected chi connectivity index (χ1v) is 16.3. The minimum atomic E-state index is -0.311. The van der Waals surface area contributed by atoms with Gasteiger partial charge in [-0.05, 0) is 99.1 Å². The smallest absolute Gasteiger partial charge is 0.302 e. The standard InChI is InChI=1S/C37H47N5O4/c1-9-26-21(3)32-18-35-28(19-43)23(5)31(40-35)17-33-22(4)27(11-12-36(45)42(8)13-10-14-46-25(7)44)37(41-33)24(6)30-15-20(2)29(38-30)16-34(26)39-32/h15-18,22,27,39-40,43H,9-14,19H2,1-8H3/t22-,27-/m0/s1. The van der Waals surface area contributed by atoms with Crippen LogP contribution in [-0.2, 0) is 27.4 Å². The fourth-order valence-electron chi connectivity index (χ4n) is 6.77. The third-order valence-corrected chi connectivity index (χ3v) is 9.75. The molecule has 5 heterocycles. The molecular weight excluding hydrogens is 578 g/mol. The first-order chi connectivity index (χ1) is 21.9. The predicted octanol–water partition coefficient (Wildman–Crippen LogP) is 6.93. The van der Waals surface area contributed by atoms with Crippen molar-refractivity contribution in [3.63, 3.8) is 0 Å². The van der Waals surface area contributed by atoms with Crippen LogP contribution >= 0.6 is 0 Å². The number of esters is 1. The summed E-state index contributed by atoms with van der Waals surface area (Å²) in [5.74, 6) is -0.155. The van der Waals surface area contributed by atoms with E-state index in [1.54, 1.807) is 11.9 Å². The molecule has 2 aliphatic rings. The summed E-state index contributed by atoms with van der Waals surface area (Å²) >= 11 is 0. The van der Waals surface area contributed by atoms with Gasteiger partial charge in [0.05, 0.1) is 24.6 Å². The molecule has 9 heteroatoms. The highest BCUT2D eigenvalue weighted by atomic mass is 16.5. The Labute approximate surface area is 271 Å². The number of aromatic amines is 2. The van der Waals surface area contributed by atoms with Crippen molar-refractivity contribution in [1.82, 2.24) is 24.8 Å². The quantitative estimate of drug-likeness (QED) is 0.175. The number of H-pyrrole nitrogens is 2. The van der Waals surface area contributed by atoms with Gasteiger partial charge in [-0.15, -0.1) is 0 Å². The number of aliphatic hydroxyl groups excluding tert-OH is 1. The number of amides is 1. The topological polar surface area (TPSA) is 124 Å². The third-order valence-electron chi connectivity index (χ3n) is 9.75. The van der Waals surface area contributed by atoms with Gasteiger partial charge in [0.2, 0.25) is 5.91 Å².